The number of amides is 2. The highest BCUT2D eigenvalue weighted by atomic mass is 35.5. The van der Waals surface area contributed by atoms with E-state index < -0.39 is 0 Å². The first kappa shape index (κ1) is 19.6. The lowest BCUT2D eigenvalue weighted by Gasteiger charge is -2.29. The highest BCUT2D eigenvalue weighted by Gasteiger charge is 2.26. The molecule has 146 valence electrons. The molecule has 4 rings (SSSR count). The number of hydrogen-bond acceptors (Lipinski definition) is 3. The fourth-order valence-electron chi connectivity index (χ4n) is 3.21. The molecule has 4 nitrogen and oxygen atoms in total. The average Bonchev–Trinajstić information content (AvgIpc) is 2.74. The van der Waals surface area contributed by atoms with Crippen LogP contribution in [-0.2, 0) is 17.9 Å². The van der Waals surface area contributed by atoms with Crippen molar-refractivity contribution in [3.63, 3.8) is 0 Å². The van der Waals surface area contributed by atoms with Crippen LogP contribution in [0.2, 0.25) is 5.02 Å². The minimum atomic E-state index is -0.164. The van der Waals surface area contributed by atoms with Gasteiger partial charge in [-0.05, 0) is 41.5 Å². The third-order valence-corrected chi connectivity index (χ3v) is 5.97. The van der Waals surface area contributed by atoms with Crippen LogP contribution in [0, 0.1) is 0 Å². The predicted molar refractivity (Wildman–Crippen MR) is 117 cm³/mol. The number of nitrogens with one attached hydrogen (secondary N) is 1. The number of hydrogen-bond donors (Lipinski definition) is 1. The molecule has 1 aliphatic rings. The van der Waals surface area contributed by atoms with Gasteiger partial charge in [0.1, 0.15) is 0 Å². The quantitative estimate of drug-likeness (QED) is 0.635. The summed E-state index contributed by atoms with van der Waals surface area (Å²) in [6, 6.07) is 22.7. The number of halogens is 1. The molecule has 0 saturated heterocycles. The van der Waals surface area contributed by atoms with Crippen LogP contribution in [0.3, 0.4) is 0 Å². The second-order valence-electron chi connectivity index (χ2n) is 6.75. The molecule has 1 heterocycles. The topological polar surface area (TPSA) is 49.4 Å². The van der Waals surface area contributed by atoms with Gasteiger partial charge in [0.2, 0.25) is 5.91 Å². The Morgan fingerprint density at radius 2 is 1.79 bits per heavy atom. The number of carbonyl (C=O) groups is 2. The summed E-state index contributed by atoms with van der Waals surface area (Å²) >= 11 is 7.59. The third-order valence-electron chi connectivity index (χ3n) is 4.69. The van der Waals surface area contributed by atoms with E-state index in [0.717, 1.165) is 21.7 Å². The zero-order chi connectivity index (χ0) is 20.2. The Bertz CT molecular complexity index is 1060. The number of nitrogens with zero attached hydrogens (tertiary/aromatic N) is 1. The Morgan fingerprint density at radius 3 is 2.59 bits per heavy atom. The van der Waals surface area contributed by atoms with Crippen molar-refractivity contribution >= 4 is 40.9 Å². The van der Waals surface area contributed by atoms with Gasteiger partial charge in [0, 0.05) is 22.0 Å². The van der Waals surface area contributed by atoms with Gasteiger partial charge in [-0.15, -0.1) is 11.8 Å². The highest BCUT2D eigenvalue weighted by molar-refractivity contribution is 8.00. The fourth-order valence-corrected chi connectivity index (χ4v) is 4.34. The molecule has 0 atom stereocenters. The monoisotopic (exact) mass is 422 g/mol. The summed E-state index contributed by atoms with van der Waals surface area (Å²) in [5, 5.41) is 3.57. The van der Waals surface area contributed by atoms with Crippen molar-refractivity contribution < 1.29 is 9.59 Å². The Morgan fingerprint density at radius 1 is 1.00 bits per heavy atom. The molecule has 0 aliphatic carbocycles. The van der Waals surface area contributed by atoms with Crippen LogP contribution in [0.25, 0.3) is 0 Å². The number of carbonyl (C=O) groups excluding carboxylic acids is 2. The van der Waals surface area contributed by atoms with Crippen molar-refractivity contribution in [2.24, 2.45) is 0 Å². The molecule has 0 spiro atoms. The van der Waals surface area contributed by atoms with E-state index in [2.05, 4.69) is 5.32 Å². The van der Waals surface area contributed by atoms with Crippen LogP contribution in [-0.4, -0.2) is 17.6 Å². The van der Waals surface area contributed by atoms with E-state index in [4.69, 9.17) is 11.6 Å². The van der Waals surface area contributed by atoms with E-state index in [0.29, 0.717) is 29.4 Å². The van der Waals surface area contributed by atoms with Crippen molar-refractivity contribution in [2.45, 2.75) is 18.0 Å². The molecule has 1 aliphatic heterocycles. The van der Waals surface area contributed by atoms with Gasteiger partial charge in [0.25, 0.3) is 5.91 Å². The van der Waals surface area contributed by atoms with E-state index in [1.165, 1.54) is 11.8 Å². The summed E-state index contributed by atoms with van der Waals surface area (Å²) in [7, 11) is 0. The Balaban J connectivity index is 1.56. The normalized spacial score (nSPS) is 13.1. The number of thioether (sulfide) groups is 1. The van der Waals surface area contributed by atoms with Gasteiger partial charge in [0.05, 0.1) is 18.0 Å². The molecule has 0 unspecified atom stereocenters. The van der Waals surface area contributed by atoms with E-state index in [1.54, 1.807) is 17.0 Å². The summed E-state index contributed by atoms with van der Waals surface area (Å²) in [5.41, 5.74) is 3.28. The van der Waals surface area contributed by atoms with Crippen molar-refractivity contribution in [3.8, 4) is 0 Å². The zero-order valence-electron chi connectivity index (χ0n) is 15.6. The van der Waals surface area contributed by atoms with Crippen molar-refractivity contribution in [3.05, 3.63) is 94.5 Å². The Labute approximate surface area is 178 Å². The second kappa shape index (κ2) is 8.72. The highest BCUT2D eigenvalue weighted by Crippen LogP contribution is 2.37. The molecular weight excluding hydrogens is 404 g/mol. The van der Waals surface area contributed by atoms with Gasteiger partial charge in [-0.3, -0.25) is 9.59 Å². The van der Waals surface area contributed by atoms with Gasteiger partial charge in [-0.1, -0.05) is 54.1 Å². The molecule has 0 aromatic heterocycles. The van der Waals surface area contributed by atoms with Crippen LogP contribution in [0.1, 0.15) is 21.5 Å². The standard InChI is InChI=1S/C23H19ClN2O2S/c24-19-8-4-7-17(11-19)14-26-20-12-18(9-10-21(20)29-15-22(26)27)23(28)25-13-16-5-2-1-3-6-16/h1-12H,13-15H2,(H,25,28). The molecule has 0 saturated carbocycles. The summed E-state index contributed by atoms with van der Waals surface area (Å²) < 4.78 is 0. The maximum Gasteiger partial charge on any atom is 0.251 e. The van der Waals surface area contributed by atoms with E-state index >= 15 is 0 Å². The van der Waals surface area contributed by atoms with Gasteiger partial charge < -0.3 is 10.2 Å². The summed E-state index contributed by atoms with van der Waals surface area (Å²) in [6.45, 7) is 0.874. The largest absolute Gasteiger partial charge is 0.348 e. The first-order chi connectivity index (χ1) is 14.1. The first-order valence-corrected chi connectivity index (χ1v) is 10.6. The van der Waals surface area contributed by atoms with Crippen LogP contribution in [0.4, 0.5) is 5.69 Å². The lowest BCUT2D eigenvalue weighted by Crippen LogP contribution is -2.35. The Hall–Kier alpha value is -2.76. The van der Waals surface area contributed by atoms with Gasteiger partial charge in [0.15, 0.2) is 0 Å². The predicted octanol–water partition coefficient (Wildman–Crippen LogP) is 4.91. The first-order valence-electron chi connectivity index (χ1n) is 9.24. The Kier molecular flexibility index (Phi) is 5.88. The number of rotatable bonds is 5. The second-order valence-corrected chi connectivity index (χ2v) is 8.20. The van der Waals surface area contributed by atoms with Crippen LogP contribution in [0.5, 0.6) is 0 Å². The SMILES string of the molecule is O=C(NCc1ccccc1)c1ccc2c(c1)N(Cc1cccc(Cl)c1)C(=O)CS2. The lowest BCUT2D eigenvalue weighted by molar-refractivity contribution is -0.116. The minimum Gasteiger partial charge on any atom is -0.348 e. The molecule has 6 heteroatoms. The van der Waals surface area contributed by atoms with Crippen molar-refractivity contribution in [2.75, 3.05) is 10.7 Å². The van der Waals surface area contributed by atoms with Crippen LogP contribution >= 0.6 is 23.4 Å². The molecular formula is C23H19ClN2O2S. The smallest absolute Gasteiger partial charge is 0.251 e. The van der Waals surface area contributed by atoms with Gasteiger partial charge in [-0.25, -0.2) is 0 Å². The number of anilines is 1. The molecule has 0 radical (unpaired) electrons. The van der Waals surface area contributed by atoms with Gasteiger partial charge in [-0.2, -0.15) is 0 Å². The van der Waals surface area contributed by atoms with E-state index in [-0.39, 0.29) is 11.8 Å². The van der Waals surface area contributed by atoms with Crippen molar-refractivity contribution in [1.82, 2.24) is 5.32 Å². The lowest BCUT2D eigenvalue weighted by atomic mass is 10.1. The molecule has 3 aromatic carbocycles. The molecule has 0 fully saturated rings. The summed E-state index contributed by atoms with van der Waals surface area (Å²) in [5.74, 6) is 0.235. The van der Waals surface area contributed by atoms with Gasteiger partial charge >= 0.3 is 0 Å². The summed E-state index contributed by atoms with van der Waals surface area (Å²) in [6.07, 6.45) is 0. The maximum absolute atomic E-state index is 12.7. The zero-order valence-corrected chi connectivity index (χ0v) is 17.2. The molecule has 3 aromatic rings. The molecule has 1 N–H and O–H groups in total. The van der Waals surface area contributed by atoms with E-state index in [9.17, 15) is 9.59 Å². The number of benzene rings is 3. The maximum atomic E-state index is 12.7. The van der Waals surface area contributed by atoms with E-state index in [1.807, 2.05) is 60.7 Å². The minimum absolute atomic E-state index is 0.0179. The van der Waals surface area contributed by atoms with Crippen LogP contribution in [0.15, 0.2) is 77.7 Å². The molecule has 29 heavy (non-hydrogen) atoms. The molecule has 0 bridgehead atoms. The van der Waals surface area contributed by atoms with Crippen LogP contribution < -0.4 is 10.2 Å². The summed E-state index contributed by atoms with van der Waals surface area (Å²) in [4.78, 5) is 28.0. The van der Waals surface area contributed by atoms with Crippen molar-refractivity contribution in [1.29, 1.82) is 0 Å². The number of fused-ring (bicyclic) bond motifs is 1. The average molecular weight is 423 g/mol. The molecule has 2 amide bonds. The fraction of sp³-hybridized carbons (Fsp3) is 0.130. The third kappa shape index (κ3) is 4.63.